The Kier molecular flexibility index (Phi) is 4.32. The third-order valence-corrected chi connectivity index (χ3v) is 6.34. The van der Waals surface area contributed by atoms with Crippen molar-refractivity contribution in [2.75, 3.05) is 0 Å². The van der Waals surface area contributed by atoms with E-state index in [4.69, 9.17) is 16.1 Å². The fraction of sp³-hybridized carbons (Fsp3) is 0.500. The Morgan fingerprint density at radius 1 is 1.32 bits per heavy atom. The molecule has 5 heteroatoms. The molecular weight excluding hydrogens is 336 g/mol. The van der Waals surface area contributed by atoms with Crippen molar-refractivity contribution >= 4 is 17.5 Å². The maximum atomic E-state index is 13.0. The molecule has 0 unspecified atom stereocenters. The number of hydrogen-bond donors (Lipinski definition) is 1. The number of hydrogen-bond acceptors (Lipinski definition) is 3. The van der Waals surface area contributed by atoms with E-state index in [0.29, 0.717) is 28.0 Å². The van der Waals surface area contributed by atoms with Crippen molar-refractivity contribution < 1.29 is 9.32 Å². The summed E-state index contributed by atoms with van der Waals surface area (Å²) in [5.74, 6) is 2.63. The average Bonchev–Trinajstić information content (AvgIpc) is 3.30. The maximum Gasteiger partial charge on any atom is 0.257 e. The first kappa shape index (κ1) is 16.6. The molecule has 0 saturated heterocycles. The molecule has 2 fully saturated rings. The molecule has 132 valence electrons. The number of halogens is 1. The Morgan fingerprint density at radius 2 is 2.12 bits per heavy atom. The molecule has 1 heterocycles. The van der Waals surface area contributed by atoms with Crippen LogP contribution in [0.3, 0.4) is 0 Å². The van der Waals surface area contributed by atoms with Crippen molar-refractivity contribution in [3.05, 3.63) is 40.6 Å². The van der Waals surface area contributed by atoms with Gasteiger partial charge in [0.25, 0.3) is 5.91 Å². The van der Waals surface area contributed by atoms with Gasteiger partial charge < -0.3 is 9.84 Å². The maximum absolute atomic E-state index is 13.0. The summed E-state index contributed by atoms with van der Waals surface area (Å²) in [6.45, 7) is 3.89. The molecule has 4 atom stereocenters. The molecule has 1 amide bonds. The lowest BCUT2D eigenvalue weighted by molar-refractivity contribution is 0.0914. The first-order valence-electron chi connectivity index (χ1n) is 9.06. The van der Waals surface area contributed by atoms with Gasteiger partial charge in [0.1, 0.15) is 17.0 Å². The number of rotatable bonds is 4. The van der Waals surface area contributed by atoms with Crippen LogP contribution in [0, 0.1) is 24.7 Å². The first-order valence-corrected chi connectivity index (χ1v) is 9.44. The minimum Gasteiger partial charge on any atom is -0.360 e. The Morgan fingerprint density at radius 3 is 2.80 bits per heavy atom. The van der Waals surface area contributed by atoms with Crippen LogP contribution in [-0.2, 0) is 0 Å². The summed E-state index contributed by atoms with van der Waals surface area (Å²) in [6.07, 6.45) is 5.25. The fourth-order valence-corrected chi connectivity index (χ4v) is 4.99. The van der Waals surface area contributed by atoms with E-state index in [1.165, 1.54) is 25.7 Å². The van der Waals surface area contributed by atoms with E-state index in [-0.39, 0.29) is 11.9 Å². The van der Waals surface area contributed by atoms with Gasteiger partial charge in [-0.25, -0.2) is 0 Å². The second-order valence-electron chi connectivity index (χ2n) is 7.54. The van der Waals surface area contributed by atoms with Gasteiger partial charge in [0.05, 0.1) is 5.02 Å². The third-order valence-electron chi connectivity index (χ3n) is 6.01. The van der Waals surface area contributed by atoms with E-state index in [1.54, 1.807) is 13.0 Å². The van der Waals surface area contributed by atoms with Crippen LogP contribution in [0.5, 0.6) is 0 Å². The van der Waals surface area contributed by atoms with Crippen LogP contribution >= 0.6 is 11.6 Å². The zero-order valence-electron chi connectivity index (χ0n) is 14.6. The number of fused-ring (bicyclic) bond motifs is 2. The summed E-state index contributed by atoms with van der Waals surface area (Å²) in [7, 11) is 0. The Bertz CT molecular complexity index is 801. The molecule has 25 heavy (non-hydrogen) atoms. The largest absolute Gasteiger partial charge is 0.360 e. The van der Waals surface area contributed by atoms with Crippen molar-refractivity contribution in [1.82, 2.24) is 10.5 Å². The fourth-order valence-electron chi connectivity index (χ4n) is 4.77. The summed E-state index contributed by atoms with van der Waals surface area (Å²) in [6, 6.07) is 7.55. The minimum absolute atomic E-state index is 0.121. The minimum atomic E-state index is -0.121. The lowest BCUT2D eigenvalue weighted by atomic mass is 9.84. The van der Waals surface area contributed by atoms with E-state index in [2.05, 4.69) is 17.4 Å². The lowest BCUT2D eigenvalue weighted by Crippen LogP contribution is -2.40. The van der Waals surface area contributed by atoms with E-state index in [9.17, 15) is 4.79 Å². The molecule has 2 aliphatic carbocycles. The van der Waals surface area contributed by atoms with Crippen LogP contribution in [0.15, 0.2) is 28.8 Å². The Balaban J connectivity index is 1.56. The van der Waals surface area contributed by atoms with Crippen LogP contribution < -0.4 is 5.32 Å². The smallest absolute Gasteiger partial charge is 0.257 e. The Hall–Kier alpha value is -1.81. The number of carbonyl (C=O) groups is 1. The van der Waals surface area contributed by atoms with Crippen molar-refractivity contribution in [2.45, 2.75) is 45.6 Å². The highest BCUT2D eigenvalue weighted by Crippen LogP contribution is 2.49. The second-order valence-corrected chi connectivity index (χ2v) is 7.95. The molecule has 2 aromatic rings. The van der Waals surface area contributed by atoms with Gasteiger partial charge in [-0.3, -0.25) is 4.79 Å². The number of nitrogens with one attached hydrogen (secondary N) is 1. The monoisotopic (exact) mass is 358 g/mol. The third kappa shape index (κ3) is 2.97. The van der Waals surface area contributed by atoms with Crippen molar-refractivity contribution in [1.29, 1.82) is 0 Å². The Labute approximate surface area is 152 Å². The molecule has 2 saturated carbocycles. The molecule has 0 radical (unpaired) electrons. The molecule has 2 aliphatic rings. The highest BCUT2D eigenvalue weighted by molar-refractivity contribution is 6.33. The van der Waals surface area contributed by atoms with Gasteiger partial charge in [0, 0.05) is 11.6 Å². The second kappa shape index (κ2) is 6.49. The van der Waals surface area contributed by atoms with E-state index < -0.39 is 0 Å². The van der Waals surface area contributed by atoms with Crippen LogP contribution in [-0.4, -0.2) is 17.1 Å². The topological polar surface area (TPSA) is 55.1 Å². The van der Waals surface area contributed by atoms with Gasteiger partial charge in [-0.1, -0.05) is 41.4 Å². The molecule has 1 N–H and O–H groups in total. The van der Waals surface area contributed by atoms with Gasteiger partial charge >= 0.3 is 0 Å². The summed E-state index contributed by atoms with van der Waals surface area (Å²) < 4.78 is 5.31. The number of carbonyl (C=O) groups excluding carboxylic acids is 1. The van der Waals surface area contributed by atoms with Crippen LogP contribution in [0.25, 0.3) is 11.3 Å². The molecule has 1 aromatic carbocycles. The standard InChI is InChI=1S/C20H23ClN2O2/c1-11(16-10-13-7-8-14(16)9-13)22-20(24)18-12(2)25-23-19(18)15-5-3-4-6-17(15)21/h3-6,11,13-14,16H,7-10H2,1-2H3,(H,22,24)/t11-,13+,14+,16-/m0/s1. The number of amides is 1. The van der Waals surface area contributed by atoms with Gasteiger partial charge in [-0.2, -0.15) is 0 Å². The summed E-state index contributed by atoms with van der Waals surface area (Å²) in [5.41, 5.74) is 1.72. The number of aromatic nitrogens is 1. The SMILES string of the molecule is Cc1onc(-c2ccccc2Cl)c1C(=O)N[C@@H](C)[C@@H]1C[C@@H]2CC[C@@H]1C2. The van der Waals surface area contributed by atoms with E-state index in [1.807, 2.05) is 18.2 Å². The molecular formula is C20H23ClN2O2. The highest BCUT2D eigenvalue weighted by atomic mass is 35.5. The predicted octanol–water partition coefficient (Wildman–Crippen LogP) is 4.86. The van der Waals surface area contributed by atoms with Gasteiger partial charge in [0.15, 0.2) is 0 Å². The van der Waals surface area contributed by atoms with E-state index >= 15 is 0 Å². The molecule has 0 spiro atoms. The molecule has 0 aliphatic heterocycles. The van der Waals surface area contributed by atoms with Crippen molar-refractivity contribution in [2.24, 2.45) is 17.8 Å². The van der Waals surface area contributed by atoms with E-state index in [0.717, 1.165) is 17.4 Å². The van der Waals surface area contributed by atoms with Crippen LogP contribution in [0.1, 0.15) is 48.7 Å². The zero-order chi connectivity index (χ0) is 17.6. The van der Waals surface area contributed by atoms with Crippen molar-refractivity contribution in [3.63, 3.8) is 0 Å². The molecule has 1 aromatic heterocycles. The normalized spacial score (nSPS) is 26.0. The molecule has 4 rings (SSSR count). The van der Waals surface area contributed by atoms with Gasteiger partial charge in [0.2, 0.25) is 0 Å². The quantitative estimate of drug-likeness (QED) is 0.849. The van der Waals surface area contributed by atoms with Gasteiger partial charge in [-0.15, -0.1) is 0 Å². The molecule has 2 bridgehead atoms. The number of benzene rings is 1. The highest BCUT2D eigenvalue weighted by Gasteiger charge is 2.42. The molecule has 4 nitrogen and oxygen atoms in total. The first-order chi connectivity index (χ1) is 12.0. The van der Waals surface area contributed by atoms with Crippen LogP contribution in [0.4, 0.5) is 0 Å². The predicted molar refractivity (Wildman–Crippen MR) is 97.6 cm³/mol. The number of nitrogens with zero attached hydrogens (tertiary/aromatic N) is 1. The number of aryl methyl sites for hydroxylation is 1. The van der Waals surface area contributed by atoms with Gasteiger partial charge in [-0.05, 0) is 56.9 Å². The zero-order valence-corrected chi connectivity index (χ0v) is 15.3. The lowest BCUT2D eigenvalue weighted by Gasteiger charge is -2.28. The summed E-state index contributed by atoms with van der Waals surface area (Å²) in [5, 5.41) is 7.85. The van der Waals surface area contributed by atoms with Crippen LogP contribution in [0.2, 0.25) is 5.02 Å². The van der Waals surface area contributed by atoms with Crippen molar-refractivity contribution in [3.8, 4) is 11.3 Å². The average molecular weight is 359 g/mol. The summed E-state index contributed by atoms with van der Waals surface area (Å²) in [4.78, 5) is 13.0. The summed E-state index contributed by atoms with van der Waals surface area (Å²) >= 11 is 6.28.